The largest absolute Gasteiger partial charge is 0.418 e. The van der Waals surface area contributed by atoms with Crippen molar-refractivity contribution in [3.8, 4) is 0 Å². The van der Waals surface area contributed by atoms with E-state index < -0.39 is 49.1 Å². The van der Waals surface area contributed by atoms with Crippen LogP contribution in [0.3, 0.4) is 0 Å². The number of nitrogens with zero attached hydrogens (tertiary/aromatic N) is 1. The molecule has 0 aromatic heterocycles. The van der Waals surface area contributed by atoms with Gasteiger partial charge in [0.2, 0.25) is 0 Å². The molecule has 0 fully saturated rings. The molecule has 0 aliphatic heterocycles. The fourth-order valence-corrected chi connectivity index (χ4v) is 2.84. The molecule has 0 aliphatic carbocycles. The minimum Gasteiger partial charge on any atom is -0.258 e. The van der Waals surface area contributed by atoms with Gasteiger partial charge in [0.15, 0.2) is 0 Å². The molecule has 0 spiro atoms. The highest BCUT2D eigenvalue weighted by atomic mass is 35.5. The number of alkyl halides is 3. The van der Waals surface area contributed by atoms with Crippen LogP contribution >= 0.6 is 11.6 Å². The van der Waals surface area contributed by atoms with Gasteiger partial charge >= 0.3 is 6.18 Å². The zero-order chi connectivity index (χ0) is 18.2. The van der Waals surface area contributed by atoms with Crippen LogP contribution in [0, 0.1) is 10.1 Å². The summed E-state index contributed by atoms with van der Waals surface area (Å²) in [5.41, 5.74) is -2.16. The Morgan fingerprint density at radius 1 is 1.30 bits per heavy atom. The van der Waals surface area contributed by atoms with Gasteiger partial charge in [0.1, 0.15) is 0 Å². The van der Waals surface area contributed by atoms with Crippen LogP contribution in [-0.2, 0) is 17.2 Å². The van der Waals surface area contributed by atoms with Crippen molar-refractivity contribution < 1.29 is 22.3 Å². The van der Waals surface area contributed by atoms with Crippen LogP contribution in [0.25, 0.3) is 0 Å². The van der Waals surface area contributed by atoms with Crippen molar-refractivity contribution in [2.75, 3.05) is 0 Å². The molecule has 1 rings (SSSR count). The van der Waals surface area contributed by atoms with E-state index in [1.54, 1.807) is 20.8 Å². The summed E-state index contributed by atoms with van der Waals surface area (Å²) in [6.07, 6.45) is -4.83. The average Bonchev–Trinajstić information content (AvgIpc) is 2.35. The number of benzene rings is 1. The molecule has 0 radical (unpaired) electrons. The standard InChI is InChI=1S/C13H16ClF3N2O3S/c1-7(18-23(22)12(2,3)4)9-5-8(19(20)21)6-10(11(9)14)13(15,16)17/h5-7,18H,1-4H3/t7-,23?/m1/s1. The Morgan fingerprint density at radius 3 is 2.22 bits per heavy atom. The van der Waals surface area contributed by atoms with Gasteiger partial charge in [-0.1, -0.05) is 11.6 Å². The van der Waals surface area contributed by atoms with Gasteiger partial charge in [-0.15, -0.1) is 0 Å². The van der Waals surface area contributed by atoms with Gasteiger partial charge in [-0.05, 0) is 33.3 Å². The summed E-state index contributed by atoms with van der Waals surface area (Å²) >= 11 is 5.78. The quantitative estimate of drug-likeness (QED) is 0.629. The van der Waals surface area contributed by atoms with E-state index in [1.807, 2.05) is 0 Å². The van der Waals surface area contributed by atoms with E-state index in [0.717, 1.165) is 6.07 Å². The molecule has 5 nitrogen and oxygen atoms in total. The maximum Gasteiger partial charge on any atom is 0.418 e. The molecule has 0 saturated carbocycles. The van der Waals surface area contributed by atoms with Crippen LogP contribution < -0.4 is 4.72 Å². The number of hydrogen-bond acceptors (Lipinski definition) is 3. The van der Waals surface area contributed by atoms with Gasteiger partial charge in [-0.25, -0.2) is 8.93 Å². The first-order valence-corrected chi connectivity index (χ1v) is 8.01. The second-order valence-electron chi connectivity index (χ2n) is 5.87. The maximum atomic E-state index is 13.0. The molecule has 0 bridgehead atoms. The predicted molar refractivity (Wildman–Crippen MR) is 82.6 cm³/mol. The Bertz CT molecular complexity index is 645. The Kier molecular flexibility index (Phi) is 5.82. The Labute approximate surface area is 138 Å². The van der Waals surface area contributed by atoms with Gasteiger partial charge in [0.25, 0.3) is 5.69 Å². The normalized spacial score (nSPS) is 15.3. The minimum atomic E-state index is -4.83. The monoisotopic (exact) mass is 372 g/mol. The van der Waals surface area contributed by atoms with Gasteiger partial charge in [0.05, 0.1) is 31.2 Å². The lowest BCUT2D eigenvalue weighted by Crippen LogP contribution is -2.35. The first-order chi connectivity index (χ1) is 10.2. The van der Waals surface area contributed by atoms with Crippen molar-refractivity contribution in [3.05, 3.63) is 38.4 Å². The molecule has 130 valence electrons. The number of non-ortho nitro benzene ring substituents is 1. The van der Waals surface area contributed by atoms with Crippen molar-refractivity contribution in [2.45, 2.75) is 44.7 Å². The van der Waals surface area contributed by atoms with Crippen molar-refractivity contribution >= 4 is 28.3 Å². The van der Waals surface area contributed by atoms with E-state index in [0.29, 0.717) is 6.07 Å². The zero-order valence-electron chi connectivity index (χ0n) is 12.8. The number of nitro groups is 1. The SMILES string of the molecule is C[C@@H](NS(=O)C(C)(C)C)c1cc([N+](=O)[O-])cc(C(F)(F)F)c1Cl. The smallest absolute Gasteiger partial charge is 0.258 e. The molecule has 2 atom stereocenters. The Hall–Kier alpha value is -1.19. The van der Waals surface area contributed by atoms with Crippen LogP contribution in [0.4, 0.5) is 18.9 Å². The lowest BCUT2D eigenvalue weighted by Gasteiger charge is -2.23. The lowest BCUT2D eigenvalue weighted by molar-refractivity contribution is -0.385. The van der Waals surface area contributed by atoms with Gasteiger partial charge in [0, 0.05) is 18.2 Å². The number of nitro benzene ring substituents is 1. The van der Waals surface area contributed by atoms with Crippen molar-refractivity contribution in [1.29, 1.82) is 0 Å². The van der Waals surface area contributed by atoms with Crippen molar-refractivity contribution in [1.82, 2.24) is 4.72 Å². The van der Waals surface area contributed by atoms with E-state index in [1.165, 1.54) is 6.92 Å². The first-order valence-electron chi connectivity index (χ1n) is 6.48. The topological polar surface area (TPSA) is 72.2 Å². The Balaban J connectivity index is 3.37. The number of rotatable bonds is 4. The number of halogens is 4. The lowest BCUT2D eigenvalue weighted by atomic mass is 10.0. The van der Waals surface area contributed by atoms with Gasteiger partial charge < -0.3 is 0 Å². The van der Waals surface area contributed by atoms with E-state index in [4.69, 9.17) is 11.6 Å². The van der Waals surface area contributed by atoms with E-state index in [2.05, 4.69) is 4.72 Å². The molecule has 1 N–H and O–H groups in total. The summed E-state index contributed by atoms with van der Waals surface area (Å²) in [5, 5.41) is 10.2. The fourth-order valence-electron chi connectivity index (χ4n) is 1.66. The summed E-state index contributed by atoms with van der Waals surface area (Å²) in [5.74, 6) is 0. The second kappa shape index (κ2) is 6.74. The summed E-state index contributed by atoms with van der Waals surface area (Å²) in [6.45, 7) is 6.48. The molecule has 1 aromatic carbocycles. The summed E-state index contributed by atoms with van der Waals surface area (Å²) < 4.78 is 53.0. The minimum absolute atomic E-state index is 0.134. The van der Waals surface area contributed by atoms with Crippen LogP contribution in [0.5, 0.6) is 0 Å². The van der Waals surface area contributed by atoms with Crippen molar-refractivity contribution in [3.63, 3.8) is 0 Å². The molecular weight excluding hydrogens is 357 g/mol. The number of hydrogen-bond donors (Lipinski definition) is 1. The fraction of sp³-hybridized carbons (Fsp3) is 0.538. The third-order valence-corrected chi connectivity index (χ3v) is 5.01. The van der Waals surface area contributed by atoms with E-state index in [9.17, 15) is 27.5 Å². The van der Waals surface area contributed by atoms with Crippen LogP contribution in [-0.4, -0.2) is 13.9 Å². The number of nitrogens with one attached hydrogen (secondary N) is 1. The summed E-state index contributed by atoms with van der Waals surface area (Å²) in [7, 11) is -1.58. The molecule has 23 heavy (non-hydrogen) atoms. The van der Waals surface area contributed by atoms with E-state index in [-0.39, 0.29) is 5.56 Å². The van der Waals surface area contributed by atoms with Gasteiger partial charge in [-0.3, -0.25) is 10.1 Å². The maximum absolute atomic E-state index is 13.0. The average molecular weight is 373 g/mol. The van der Waals surface area contributed by atoms with Crippen molar-refractivity contribution in [2.24, 2.45) is 0 Å². The molecule has 0 saturated heterocycles. The predicted octanol–water partition coefficient (Wildman–Crippen LogP) is 4.38. The molecule has 1 unspecified atom stereocenters. The third kappa shape index (κ3) is 4.89. The highest BCUT2D eigenvalue weighted by molar-refractivity contribution is 7.84. The molecular formula is C13H16ClF3N2O3S. The van der Waals surface area contributed by atoms with E-state index >= 15 is 0 Å². The zero-order valence-corrected chi connectivity index (χ0v) is 14.4. The van der Waals surface area contributed by atoms with Crippen LogP contribution in [0.1, 0.15) is 44.9 Å². The van der Waals surface area contributed by atoms with Crippen LogP contribution in [0.2, 0.25) is 5.02 Å². The first kappa shape index (κ1) is 19.9. The van der Waals surface area contributed by atoms with Crippen LogP contribution in [0.15, 0.2) is 12.1 Å². The highest BCUT2D eigenvalue weighted by Crippen LogP contribution is 2.40. The Morgan fingerprint density at radius 2 is 1.83 bits per heavy atom. The summed E-state index contributed by atoms with van der Waals surface area (Å²) in [6, 6.07) is 0.470. The third-order valence-electron chi connectivity index (χ3n) is 2.91. The van der Waals surface area contributed by atoms with Gasteiger partial charge in [-0.2, -0.15) is 13.2 Å². The molecule has 1 aromatic rings. The molecule has 0 amide bonds. The highest BCUT2D eigenvalue weighted by Gasteiger charge is 2.37. The molecule has 0 aliphatic rings. The molecule has 0 heterocycles. The summed E-state index contributed by atoms with van der Waals surface area (Å²) in [4.78, 5) is 9.93. The second-order valence-corrected chi connectivity index (χ2v) is 8.25. The molecule has 10 heteroatoms.